The lowest BCUT2D eigenvalue weighted by Gasteiger charge is -2.27. The molecule has 1 unspecified atom stereocenters. The van der Waals surface area contributed by atoms with Crippen molar-refractivity contribution in [2.75, 3.05) is 31.6 Å². The molecule has 2 N–H and O–H groups in total. The molecule has 0 spiro atoms. The van der Waals surface area contributed by atoms with Crippen LogP contribution in [0.2, 0.25) is 0 Å². The maximum absolute atomic E-state index is 13.8. The Kier molecular flexibility index (Phi) is 5.52. The van der Waals surface area contributed by atoms with Crippen LogP contribution in [0.15, 0.2) is 48.5 Å². The van der Waals surface area contributed by atoms with E-state index in [0.29, 0.717) is 5.52 Å². The van der Waals surface area contributed by atoms with Gasteiger partial charge in [0.2, 0.25) is 0 Å². The van der Waals surface area contributed by atoms with Crippen LogP contribution in [0.1, 0.15) is 12.5 Å². The molecule has 2 aromatic carbocycles. The van der Waals surface area contributed by atoms with Crippen LogP contribution in [0.3, 0.4) is 0 Å². The summed E-state index contributed by atoms with van der Waals surface area (Å²) in [5.41, 5.74) is 4.38. The van der Waals surface area contributed by atoms with E-state index in [2.05, 4.69) is 16.3 Å². The van der Waals surface area contributed by atoms with Gasteiger partial charge in [0.15, 0.2) is 0 Å². The van der Waals surface area contributed by atoms with E-state index in [1.165, 1.54) is 12.1 Å². The summed E-state index contributed by atoms with van der Waals surface area (Å²) < 4.78 is 19.3. The lowest BCUT2D eigenvalue weighted by atomic mass is 10.0. The van der Waals surface area contributed by atoms with Gasteiger partial charge in [-0.1, -0.05) is 12.1 Å². The van der Waals surface area contributed by atoms with Crippen LogP contribution in [-0.2, 0) is 11.3 Å². The van der Waals surface area contributed by atoms with Crippen molar-refractivity contribution in [3.63, 3.8) is 0 Å². The van der Waals surface area contributed by atoms with Gasteiger partial charge < -0.3 is 15.2 Å². The number of benzene rings is 2. The number of anilines is 1. The van der Waals surface area contributed by atoms with Gasteiger partial charge >= 0.3 is 0 Å². The average Bonchev–Trinajstić information content (AvgIpc) is 2.68. The van der Waals surface area contributed by atoms with E-state index in [9.17, 15) is 9.50 Å². The molecule has 1 aromatic heterocycles. The molecule has 0 saturated carbocycles. The zero-order chi connectivity index (χ0) is 19.5. The normalized spacial score (nSPS) is 16.2. The molecule has 6 heteroatoms. The Labute approximate surface area is 163 Å². The monoisotopic (exact) mass is 381 g/mol. The lowest BCUT2D eigenvalue weighted by Crippen LogP contribution is -2.35. The first-order valence-corrected chi connectivity index (χ1v) is 9.53. The standard InChI is InChI=1S/C22H24FN3O2/c1-15(27)24-19-5-2-16(3-6-19)21-12-17(14-26-8-10-28-11-9-26)20-7-4-18(23)13-22(20)25-21/h2-7,12-13,15,24,27H,8-11,14H2,1H3. The van der Waals surface area contributed by atoms with E-state index in [-0.39, 0.29) is 5.82 Å². The zero-order valence-electron chi connectivity index (χ0n) is 15.9. The largest absolute Gasteiger partial charge is 0.379 e. The topological polar surface area (TPSA) is 57.6 Å². The molecule has 1 fully saturated rings. The minimum Gasteiger partial charge on any atom is -0.379 e. The molecule has 5 nitrogen and oxygen atoms in total. The van der Waals surface area contributed by atoms with Crippen LogP contribution >= 0.6 is 0 Å². The summed E-state index contributed by atoms with van der Waals surface area (Å²) >= 11 is 0. The predicted molar refractivity (Wildman–Crippen MR) is 109 cm³/mol. The zero-order valence-corrected chi connectivity index (χ0v) is 15.9. The molecule has 2 heterocycles. The number of nitrogens with zero attached hydrogens (tertiary/aromatic N) is 2. The Morgan fingerprint density at radius 3 is 2.61 bits per heavy atom. The number of rotatable bonds is 5. The Morgan fingerprint density at radius 2 is 1.89 bits per heavy atom. The van der Waals surface area contributed by atoms with Gasteiger partial charge in [-0.25, -0.2) is 9.37 Å². The summed E-state index contributed by atoms with van der Waals surface area (Å²) in [7, 11) is 0. The van der Waals surface area contributed by atoms with Gasteiger partial charge in [0.05, 0.1) is 24.4 Å². The Morgan fingerprint density at radius 1 is 1.14 bits per heavy atom. The number of fused-ring (bicyclic) bond motifs is 1. The van der Waals surface area contributed by atoms with E-state index in [4.69, 9.17) is 9.72 Å². The molecule has 3 aromatic rings. The Balaban J connectivity index is 1.71. The number of aliphatic hydroxyl groups is 1. The van der Waals surface area contributed by atoms with Crippen molar-refractivity contribution in [1.29, 1.82) is 0 Å². The third-order valence-electron chi connectivity index (χ3n) is 4.91. The van der Waals surface area contributed by atoms with Crippen LogP contribution in [0.5, 0.6) is 0 Å². The fourth-order valence-corrected chi connectivity index (χ4v) is 3.53. The van der Waals surface area contributed by atoms with Crippen LogP contribution in [0.25, 0.3) is 22.2 Å². The van der Waals surface area contributed by atoms with Crippen LogP contribution < -0.4 is 5.32 Å². The molecule has 4 rings (SSSR count). The second-order valence-electron chi connectivity index (χ2n) is 7.11. The fourth-order valence-electron chi connectivity index (χ4n) is 3.53. The number of aliphatic hydroxyl groups excluding tert-OH is 1. The van der Waals surface area contributed by atoms with Crippen LogP contribution in [0.4, 0.5) is 10.1 Å². The van der Waals surface area contributed by atoms with Crippen molar-refractivity contribution in [2.24, 2.45) is 0 Å². The highest BCUT2D eigenvalue weighted by atomic mass is 19.1. The van der Waals surface area contributed by atoms with Crippen molar-refractivity contribution in [3.05, 3.63) is 59.9 Å². The number of ether oxygens (including phenoxy) is 1. The summed E-state index contributed by atoms with van der Waals surface area (Å²) in [5, 5.41) is 13.4. The molecule has 1 saturated heterocycles. The molecule has 0 aliphatic carbocycles. The van der Waals surface area contributed by atoms with E-state index in [1.807, 2.05) is 30.3 Å². The first-order chi connectivity index (χ1) is 13.6. The second kappa shape index (κ2) is 8.22. The highest BCUT2D eigenvalue weighted by Crippen LogP contribution is 2.27. The lowest BCUT2D eigenvalue weighted by molar-refractivity contribution is 0.0344. The molecular weight excluding hydrogens is 357 g/mol. The number of aromatic nitrogens is 1. The van der Waals surface area contributed by atoms with Gasteiger partial charge in [-0.2, -0.15) is 0 Å². The van der Waals surface area contributed by atoms with Crippen molar-refractivity contribution in [1.82, 2.24) is 9.88 Å². The van der Waals surface area contributed by atoms with Gasteiger partial charge in [-0.3, -0.25) is 4.90 Å². The van der Waals surface area contributed by atoms with Gasteiger partial charge in [-0.05, 0) is 42.8 Å². The molecule has 0 amide bonds. The third kappa shape index (κ3) is 4.30. The number of nitrogens with one attached hydrogen (secondary N) is 1. The summed E-state index contributed by atoms with van der Waals surface area (Å²) in [6, 6.07) is 14.6. The first kappa shape index (κ1) is 18.8. The van der Waals surface area contributed by atoms with Gasteiger partial charge in [0.25, 0.3) is 0 Å². The van der Waals surface area contributed by atoms with Gasteiger partial charge in [-0.15, -0.1) is 0 Å². The number of morpholine rings is 1. The van der Waals surface area contributed by atoms with Crippen molar-refractivity contribution < 1.29 is 14.2 Å². The van der Waals surface area contributed by atoms with Crippen LogP contribution in [0, 0.1) is 5.82 Å². The molecule has 1 atom stereocenters. The van der Waals surface area contributed by atoms with E-state index < -0.39 is 6.23 Å². The quantitative estimate of drug-likeness (QED) is 0.661. The Bertz CT molecular complexity index is 954. The Hall–Kier alpha value is -2.54. The van der Waals surface area contributed by atoms with Crippen LogP contribution in [-0.4, -0.2) is 47.5 Å². The molecule has 1 aliphatic rings. The molecule has 0 radical (unpaired) electrons. The summed E-state index contributed by atoms with van der Waals surface area (Å²) in [6.07, 6.45) is -0.618. The fraction of sp³-hybridized carbons (Fsp3) is 0.318. The molecule has 0 bridgehead atoms. The SMILES string of the molecule is CC(O)Nc1ccc(-c2cc(CN3CCOCC3)c3ccc(F)cc3n2)cc1. The van der Waals surface area contributed by atoms with Crippen molar-refractivity contribution in [3.8, 4) is 11.3 Å². The number of hydrogen-bond donors (Lipinski definition) is 2. The maximum atomic E-state index is 13.8. The maximum Gasteiger partial charge on any atom is 0.125 e. The molecular formula is C22H24FN3O2. The summed E-state index contributed by atoms with van der Waals surface area (Å²) in [6.45, 7) is 5.71. The second-order valence-corrected chi connectivity index (χ2v) is 7.11. The number of hydrogen-bond acceptors (Lipinski definition) is 5. The van der Waals surface area contributed by atoms with Gasteiger partial charge in [0, 0.05) is 42.3 Å². The summed E-state index contributed by atoms with van der Waals surface area (Å²) in [4.78, 5) is 7.05. The summed E-state index contributed by atoms with van der Waals surface area (Å²) in [5.74, 6) is -0.286. The first-order valence-electron chi connectivity index (χ1n) is 9.53. The molecule has 28 heavy (non-hydrogen) atoms. The number of halogens is 1. The van der Waals surface area contributed by atoms with E-state index in [0.717, 1.165) is 60.7 Å². The minimum absolute atomic E-state index is 0.286. The molecule has 146 valence electrons. The van der Waals surface area contributed by atoms with Crippen molar-refractivity contribution in [2.45, 2.75) is 19.7 Å². The highest BCUT2D eigenvalue weighted by molar-refractivity contribution is 5.85. The number of pyridine rings is 1. The predicted octanol–water partition coefficient (Wildman–Crippen LogP) is 3.62. The average molecular weight is 381 g/mol. The van der Waals surface area contributed by atoms with E-state index in [1.54, 1.807) is 6.92 Å². The van der Waals surface area contributed by atoms with Crippen molar-refractivity contribution >= 4 is 16.6 Å². The smallest absolute Gasteiger partial charge is 0.125 e. The minimum atomic E-state index is -0.618. The molecule has 1 aliphatic heterocycles. The van der Waals surface area contributed by atoms with E-state index >= 15 is 0 Å². The van der Waals surface area contributed by atoms with Gasteiger partial charge in [0.1, 0.15) is 12.0 Å². The third-order valence-corrected chi connectivity index (χ3v) is 4.91. The highest BCUT2D eigenvalue weighted by Gasteiger charge is 2.15.